The highest BCUT2D eigenvalue weighted by atomic mass is 19.4. The van der Waals surface area contributed by atoms with Gasteiger partial charge in [0.2, 0.25) is 0 Å². The number of hydrogen-bond acceptors (Lipinski definition) is 5. The van der Waals surface area contributed by atoms with Gasteiger partial charge in [0, 0.05) is 42.2 Å². The lowest BCUT2D eigenvalue weighted by molar-refractivity contribution is -0.138. The van der Waals surface area contributed by atoms with E-state index in [4.69, 9.17) is 4.74 Å². The Morgan fingerprint density at radius 3 is 2.62 bits per heavy atom. The van der Waals surface area contributed by atoms with E-state index in [2.05, 4.69) is 22.4 Å². The van der Waals surface area contributed by atoms with Crippen LogP contribution in [0.4, 0.5) is 18.9 Å². The van der Waals surface area contributed by atoms with Gasteiger partial charge in [-0.15, -0.1) is 10.2 Å². The van der Waals surface area contributed by atoms with Crippen LogP contribution in [0, 0.1) is 5.92 Å². The molecule has 1 amide bonds. The summed E-state index contributed by atoms with van der Waals surface area (Å²) in [5.41, 5.74) is 1.36. The van der Waals surface area contributed by atoms with Crippen LogP contribution < -0.4 is 10.2 Å². The maximum absolute atomic E-state index is 14.2. The Bertz CT molecular complexity index is 1390. The molecule has 0 spiro atoms. The van der Waals surface area contributed by atoms with Gasteiger partial charge in [0.15, 0.2) is 0 Å². The summed E-state index contributed by atoms with van der Waals surface area (Å²) in [6, 6.07) is 10.3. The molecule has 1 aromatic heterocycles. The number of anilines is 1. The second kappa shape index (κ2) is 9.75. The van der Waals surface area contributed by atoms with Gasteiger partial charge < -0.3 is 19.5 Å². The number of alkyl halides is 3. The summed E-state index contributed by atoms with van der Waals surface area (Å²) in [5.74, 6) is 0.693. The second-order valence-electron chi connectivity index (χ2n) is 11.4. The minimum absolute atomic E-state index is 0.0352. The van der Waals surface area contributed by atoms with Crippen molar-refractivity contribution in [2.45, 2.75) is 63.3 Å². The first kappa shape index (κ1) is 26.0. The summed E-state index contributed by atoms with van der Waals surface area (Å²) >= 11 is 0. The van der Waals surface area contributed by atoms with Crippen LogP contribution in [0.3, 0.4) is 0 Å². The monoisotopic (exact) mass is 539 g/mol. The minimum Gasteiger partial charge on any atom is -0.381 e. The fourth-order valence-electron chi connectivity index (χ4n) is 5.89. The Labute approximate surface area is 225 Å². The first-order valence-corrected chi connectivity index (χ1v) is 13.4. The van der Waals surface area contributed by atoms with Crippen LogP contribution in [-0.2, 0) is 31.1 Å². The Balaban J connectivity index is 1.31. The average molecular weight is 540 g/mol. The number of benzene rings is 2. The van der Waals surface area contributed by atoms with Crippen molar-refractivity contribution in [3.8, 4) is 0 Å². The van der Waals surface area contributed by atoms with Gasteiger partial charge in [-0.25, -0.2) is 0 Å². The largest absolute Gasteiger partial charge is 0.416 e. The normalized spacial score (nSPS) is 19.5. The molecule has 1 N–H and O–H groups in total. The Hall–Kier alpha value is -3.24. The number of rotatable bonds is 8. The Morgan fingerprint density at radius 1 is 1.21 bits per heavy atom. The molecule has 6 rings (SSSR count). The number of amides is 1. The van der Waals surface area contributed by atoms with E-state index in [9.17, 15) is 18.0 Å². The zero-order valence-corrected chi connectivity index (χ0v) is 22.1. The third kappa shape index (κ3) is 4.96. The van der Waals surface area contributed by atoms with Gasteiger partial charge in [0.25, 0.3) is 5.91 Å². The molecule has 0 unspecified atom stereocenters. The van der Waals surface area contributed by atoms with Crippen molar-refractivity contribution in [3.63, 3.8) is 0 Å². The van der Waals surface area contributed by atoms with Crippen LogP contribution in [0.1, 0.15) is 77.0 Å². The number of hydrogen-bond donors (Lipinski definition) is 1. The van der Waals surface area contributed by atoms with Gasteiger partial charge in [0.05, 0.1) is 25.3 Å². The molecular formula is C29H32F3N5O2. The Morgan fingerprint density at radius 2 is 2.00 bits per heavy atom. The molecule has 0 bridgehead atoms. The first-order chi connectivity index (χ1) is 18.6. The number of nitrogens with zero attached hydrogens (tertiary/aromatic N) is 4. The number of aromatic nitrogens is 3. The highest BCUT2D eigenvalue weighted by molar-refractivity contribution is 6.10. The van der Waals surface area contributed by atoms with E-state index in [-0.39, 0.29) is 29.1 Å². The highest BCUT2D eigenvalue weighted by Gasteiger charge is 2.41. The molecule has 1 atom stereocenters. The fraction of sp³-hybridized carbons (Fsp3) is 0.483. The molecule has 206 valence electrons. The van der Waals surface area contributed by atoms with E-state index in [1.807, 2.05) is 29.8 Å². The topological polar surface area (TPSA) is 72.3 Å². The summed E-state index contributed by atoms with van der Waals surface area (Å²) in [4.78, 5) is 15.0. The van der Waals surface area contributed by atoms with Gasteiger partial charge in [-0.1, -0.05) is 12.1 Å². The van der Waals surface area contributed by atoms with E-state index in [1.165, 1.54) is 11.0 Å². The molecule has 2 aromatic carbocycles. The predicted molar refractivity (Wildman–Crippen MR) is 139 cm³/mol. The maximum atomic E-state index is 14.2. The van der Waals surface area contributed by atoms with Gasteiger partial charge in [-0.05, 0) is 73.6 Å². The van der Waals surface area contributed by atoms with Crippen molar-refractivity contribution in [3.05, 3.63) is 76.4 Å². The number of ether oxygens (including phenoxy) is 1. The molecule has 3 aromatic rings. The van der Waals surface area contributed by atoms with Crippen LogP contribution in [-0.4, -0.2) is 39.4 Å². The van der Waals surface area contributed by atoms with E-state index < -0.39 is 17.6 Å². The van der Waals surface area contributed by atoms with Crippen LogP contribution in [0.5, 0.6) is 0 Å². The predicted octanol–water partition coefficient (Wildman–Crippen LogP) is 5.19. The average Bonchev–Trinajstić information content (AvgIpc) is 3.43. The SMILES string of the molecule is Cn1cnnc1[C@H](CC1COC1)c1cccc(N2Cc3c(cc(CNC4(C)CCC4)cc3C(F)(F)F)C2=O)c1. The van der Waals surface area contributed by atoms with Crippen LogP contribution in [0.15, 0.2) is 42.7 Å². The molecule has 1 saturated carbocycles. The number of fused-ring (bicyclic) bond motifs is 1. The molecule has 10 heteroatoms. The number of aryl methyl sites for hydroxylation is 1. The van der Waals surface area contributed by atoms with E-state index >= 15 is 0 Å². The van der Waals surface area contributed by atoms with E-state index in [1.54, 1.807) is 18.5 Å². The second-order valence-corrected chi connectivity index (χ2v) is 11.4. The highest BCUT2D eigenvalue weighted by Crippen LogP contribution is 2.41. The lowest BCUT2D eigenvalue weighted by Crippen LogP contribution is -2.47. The molecule has 1 saturated heterocycles. The van der Waals surface area contributed by atoms with Crippen LogP contribution in [0.25, 0.3) is 0 Å². The summed E-state index contributed by atoms with van der Waals surface area (Å²) in [7, 11) is 1.89. The molecule has 7 nitrogen and oxygen atoms in total. The van der Waals surface area contributed by atoms with Crippen molar-refractivity contribution < 1.29 is 22.7 Å². The molecule has 39 heavy (non-hydrogen) atoms. The minimum atomic E-state index is -4.56. The first-order valence-electron chi connectivity index (χ1n) is 13.4. The van der Waals surface area contributed by atoms with Crippen molar-refractivity contribution in [2.75, 3.05) is 18.1 Å². The number of carbonyl (C=O) groups excluding carboxylic acids is 1. The number of nitrogens with one attached hydrogen (secondary N) is 1. The van der Waals surface area contributed by atoms with Gasteiger partial charge in [-0.2, -0.15) is 13.2 Å². The van der Waals surface area contributed by atoms with Crippen molar-refractivity contribution in [2.24, 2.45) is 13.0 Å². The lowest BCUT2D eigenvalue weighted by Gasteiger charge is -2.39. The summed E-state index contributed by atoms with van der Waals surface area (Å²) < 4.78 is 49.8. The quantitative estimate of drug-likeness (QED) is 0.426. The molecule has 3 heterocycles. The lowest BCUT2D eigenvalue weighted by atomic mass is 9.78. The number of halogens is 3. The number of carbonyl (C=O) groups is 1. The smallest absolute Gasteiger partial charge is 0.381 e. The maximum Gasteiger partial charge on any atom is 0.416 e. The standard InChI is InChI=1S/C29H32F3N5O2/c1-28(7-4-8-28)33-13-18-9-23-24(25(11-18)29(30,31)32)14-37(27(23)38)21-6-3-5-20(12-21)22(10-19-15-39-16-19)26-35-34-17-36(26)2/h3,5-6,9,11-12,17,19,22,33H,4,7-8,10,13-16H2,1-2H3/t22-/m1/s1. The molecule has 1 aliphatic carbocycles. The third-order valence-corrected chi connectivity index (χ3v) is 8.50. The van der Waals surface area contributed by atoms with Crippen molar-refractivity contribution >= 4 is 11.6 Å². The summed E-state index contributed by atoms with van der Waals surface area (Å²) in [6.07, 6.45) is 1.00. The van der Waals surface area contributed by atoms with Crippen LogP contribution in [0.2, 0.25) is 0 Å². The summed E-state index contributed by atoms with van der Waals surface area (Å²) in [5, 5.41) is 11.8. The van der Waals surface area contributed by atoms with Crippen molar-refractivity contribution in [1.82, 2.24) is 20.1 Å². The van der Waals surface area contributed by atoms with E-state index in [0.717, 1.165) is 37.1 Å². The molecule has 2 fully saturated rings. The van der Waals surface area contributed by atoms with Crippen molar-refractivity contribution in [1.29, 1.82) is 0 Å². The van der Waals surface area contributed by atoms with Gasteiger partial charge >= 0.3 is 6.18 Å². The van der Waals surface area contributed by atoms with Gasteiger partial charge in [-0.3, -0.25) is 4.79 Å². The molecule has 0 radical (unpaired) electrons. The van der Waals surface area contributed by atoms with Crippen LogP contribution >= 0.6 is 0 Å². The molecular weight excluding hydrogens is 507 g/mol. The zero-order chi connectivity index (χ0) is 27.4. The third-order valence-electron chi connectivity index (χ3n) is 8.50. The van der Waals surface area contributed by atoms with E-state index in [0.29, 0.717) is 36.9 Å². The zero-order valence-electron chi connectivity index (χ0n) is 22.1. The fourth-order valence-corrected chi connectivity index (χ4v) is 5.89. The van der Waals surface area contributed by atoms with Gasteiger partial charge in [0.1, 0.15) is 12.2 Å². The molecule has 2 aliphatic heterocycles. The Kier molecular flexibility index (Phi) is 6.50. The molecule has 3 aliphatic rings. The summed E-state index contributed by atoms with van der Waals surface area (Å²) in [6.45, 7) is 3.62.